The van der Waals surface area contributed by atoms with Crippen LogP contribution in [-0.2, 0) is 9.53 Å². The van der Waals surface area contributed by atoms with Crippen LogP contribution in [0.15, 0.2) is 0 Å². The van der Waals surface area contributed by atoms with Gasteiger partial charge in [-0.25, -0.2) is 0 Å². The van der Waals surface area contributed by atoms with Crippen molar-refractivity contribution in [3.8, 4) is 0 Å². The first kappa shape index (κ1) is 11.4. The molecule has 0 heterocycles. The Bertz CT molecular complexity index is 122. The van der Waals surface area contributed by atoms with Crippen molar-refractivity contribution in [2.75, 3.05) is 6.61 Å². The Morgan fingerprint density at radius 3 is 2.58 bits per heavy atom. The van der Waals surface area contributed by atoms with E-state index in [4.69, 9.17) is 10.2 Å². The number of hydrogen-bond acceptors (Lipinski definition) is 4. The van der Waals surface area contributed by atoms with E-state index in [1.54, 1.807) is 0 Å². The smallest absolute Gasteiger partial charge is 0.305 e. The van der Waals surface area contributed by atoms with Gasteiger partial charge in [0.05, 0.1) is 0 Å². The Morgan fingerprint density at radius 1 is 1.42 bits per heavy atom. The Balaban J connectivity index is 3.22. The van der Waals surface area contributed by atoms with E-state index in [0.29, 0.717) is 6.42 Å². The van der Waals surface area contributed by atoms with Crippen LogP contribution in [0.5, 0.6) is 0 Å². The molecule has 0 radical (unpaired) electrons. The fourth-order valence-electron chi connectivity index (χ4n) is 0.759. The Hall–Kier alpha value is -0.610. The molecule has 0 fully saturated rings. The summed E-state index contributed by atoms with van der Waals surface area (Å²) in [5, 5.41) is 16.7. The molecule has 0 unspecified atom stereocenters. The Kier molecular flexibility index (Phi) is 6.70. The number of carbonyl (C=O) groups is 1. The molecule has 0 aromatic heterocycles. The van der Waals surface area contributed by atoms with Gasteiger partial charge in [-0.3, -0.25) is 4.79 Å². The minimum absolute atomic E-state index is 0.328. The highest BCUT2D eigenvalue weighted by molar-refractivity contribution is 5.69. The second-order valence-corrected chi connectivity index (χ2v) is 2.62. The predicted octanol–water partition coefficient (Wildman–Crippen LogP) is 0.421. The summed E-state index contributed by atoms with van der Waals surface area (Å²) in [4.78, 5) is 10.8. The normalized spacial score (nSPS) is 10.3. The van der Waals surface area contributed by atoms with Gasteiger partial charge < -0.3 is 14.9 Å². The van der Waals surface area contributed by atoms with Crippen molar-refractivity contribution in [1.82, 2.24) is 0 Å². The van der Waals surface area contributed by atoms with E-state index >= 15 is 0 Å². The van der Waals surface area contributed by atoms with Gasteiger partial charge in [0.25, 0.3) is 0 Å². The molecule has 12 heavy (non-hydrogen) atoms. The van der Waals surface area contributed by atoms with E-state index in [1.165, 1.54) is 0 Å². The maximum absolute atomic E-state index is 10.8. The van der Waals surface area contributed by atoms with Gasteiger partial charge in [-0.2, -0.15) is 0 Å². The van der Waals surface area contributed by atoms with Crippen molar-refractivity contribution >= 4 is 5.97 Å². The third kappa shape index (κ3) is 7.50. The first-order valence-corrected chi connectivity index (χ1v) is 4.18. The zero-order valence-electron chi connectivity index (χ0n) is 7.32. The van der Waals surface area contributed by atoms with E-state index in [9.17, 15) is 4.79 Å². The molecular weight excluding hydrogens is 160 g/mol. The van der Waals surface area contributed by atoms with Crippen molar-refractivity contribution in [3.05, 3.63) is 0 Å². The zero-order valence-corrected chi connectivity index (χ0v) is 7.32. The van der Waals surface area contributed by atoms with Gasteiger partial charge >= 0.3 is 5.97 Å². The zero-order chi connectivity index (χ0) is 9.40. The summed E-state index contributed by atoms with van der Waals surface area (Å²) in [6.45, 7) is 1.72. The largest absolute Gasteiger partial charge is 0.460 e. The highest BCUT2D eigenvalue weighted by Gasteiger charge is 2.04. The molecule has 0 aliphatic rings. The summed E-state index contributed by atoms with van der Waals surface area (Å²) in [5.41, 5.74) is 0. The molecule has 72 valence electrons. The molecule has 0 bridgehead atoms. The van der Waals surface area contributed by atoms with Crippen LogP contribution < -0.4 is 0 Å². The molecule has 0 aromatic carbocycles. The monoisotopic (exact) mass is 176 g/mol. The second-order valence-electron chi connectivity index (χ2n) is 2.62. The van der Waals surface area contributed by atoms with Crippen LogP contribution >= 0.6 is 0 Å². The fourth-order valence-corrected chi connectivity index (χ4v) is 0.759. The highest BCUT2D eigenvalue weighted by Crippen LogP contribution is 2.00. The van der Waals surface area contributed by atoms with Gasteiger partial charge in [-0.15, -0.1) is 0 Å². The predicted molar refractivity (Wildman–Crippen MR) is 43.3 cm³/mol. The molecule has 0 aliphatic carbocycles. The molecule has 4 nitrogen and oxygen atoms in total. The van der Waals surface area contributed by atoms with Crippen molar-refractivity contribution in [3.63, 3.8) is 0 Å². The number of ether oxygens (including phenoxy) is 1. The van der Waals surface area contributed by atoms with Crippen LogP contribution in [0.25, 0.3) is 0 Å². The van der Waals surface area contributed by atoms with Crippen LogP contribution in [0.3, 0.4) is 0 Å². The minimum Gasteiger partial charge on any atom is -0.460 e. The van der Waals surface area contributed by atoms with E-state index in [1.807, 2.05) is 6.92 Å². The van der Waals surface area contributed by atoms with Crippen LogP contribution in [0.2, 0.25) is 0 Å². The Morgan fingerprint density at radius 2 is 2.08 bits per heavy atom. The number of unbranched alkanes of at least 4 members (excludes halogenated alkanes) is 2. The molecule has 2 N–H and O–H groups in total. The Labute approximate surface area is 72.2 Å². The number of aliphatic hydroxyl groups excluding tert-OH is 1. The van der Waals surface area contributed by atoms with Crippen molar-refractivity contribution < 1.29 is 19.7 Å². The van der Waals surface area contributed by atoms with Crippen molar-refractivity contribution in [1.29, 1.82) is 0 Å². The van der Waals surface area contributed by atoms with Gasteiger partial charge in [-0.05, 0) is 6.42 Å². The molecule has 0 aliphatic heterocycles. The van der Waals surface area contributed by atoms with E-state index in [2.05, 4.69) is 4.74 Å². The van der Waals surface area contributed by atoms with Crippen LogP contribution in [0, 0.1) is 0 Å². The molecule has 0 rings (SSSR count). The number of carbonyl (C=O) groups excluding carboxylic acids is 1. The molecule has 0 spiro atoms. The van der Waals surface area contributed by atoms with Gasteiger partial charge in [0.1, 0.15) is 6.61 Å². The summed E-state index contributed by atoms with van der Waals surface area (Å²) in [7, 11) is 0. The second kappa shape index (κ2) is 7.06. The molecule has 0 saturated carbocycles. The number of hydrogen-bond donors (Lipinski definition) is 2. The summed E-state index contributed by atoms with van der Waals surface area (Å²) < 4.78 is 4.51. The molecule has 0 amide bonds. The molecule has 4 heteroatoms. The van der Waals surface area contributed by atoms with E-state index in [0.717, 1.165) is 19.3 Å². The fraction of sp³-hybridized carbons (Fsp3) is 0.875. The van der Waals surface area contributed by atoms with Gasteiger partial charge in [0.2, 0.25) is 0 Å². The highest BCUT2D eigenvalue weighted by atomic mass is 16.6. The van der Waals surface area contributed by atoms with Crippen LogP contribution in [0.1, 0.15) is 32.6 Å². The third-order valence-electron chi connectivity index (χ3n) is 1.38. The SMILES string of the molecule is CCCCCC(=O)OCC(O)O. The minimum atomic E-state index is -1.56. The lowest BCUT2D eigenvalue weighted by atomic mass is 10.2. The molecule has 0 saturated heterocycles. The average molecular weight is 176 g/mol. The van der Waals surface area contributed by atoms with Crippen molar-refractivity contribution in [2.24, 2.45) is 0 Å². The van der Waals surface area contributed by atoms with Crippen LogP contribution in [0.4, 0.5) is 0 Å². The standard InChI is InChI=1S/C8H16O4/c1-2-3-4-5-8(11)12-6-7(9)10/h7,9-10H,2-6H2,1H3. The summed E-state index contributed by atoms with van der Waals surface area (Å²) >= 11 is 0. The quantitative estimate of drug-likeness (QED) is 0.349. The maximum Gasteiger partial charge on any atom is 0.305 e. The third-order valence-corrected chi connectivity index (χ3v) is 1.38. The molecular formula is C8H16O4. The summed E-state index contributed by atoms with van der Waals surface area (Å²) in [5.74, 6) is -0.364. The lowest BCUT2D eigenvalue weighted by Gasteiger charge is -2.04. The number of rotatable bonds is 6. The topological polar surface area (TPSA) is 66.8 Å². The first-order chi connectivity index (χ1) is 5.66. The number of aliphatic hydroxyl groups is 2. The number of esters is 1. The van der Waals surface area contributed by atoms with E-state index in [-0.39, 0.29) is 12.6 Å². The molecule has 0 atom stereocenters. The summed E-state index contributed by atoms with van der Waals surface area (Å²) in [6.07, 6.45) is 1.66. The van der Waals surface area contributed by atoms with Crippen molar-refractivity contribution in [2.45, 2.75) is 38.9 Å². The van der Waals surface area contributed by atoms with E-state index < -0.39 is 6.29 Å². The van der Waals surface area contributed by atoms with Crippen LogP contribution in [-0.4, -0.2) is 29.1 Å². The average Bonchev–Trinajstić information content (AvgIpc) is 2.01. The first-order valence-electron chi connectivity index (χ1n) is 4.18. The maximum atomic E-state index is 10.8. The van der Waals surface area contributed by atoms with Gasteiger partial charge in [0, 0.05) is 6.42 Å². The lowest BCUT2D eigenvalue weighted by molar-refractivity contribution is -0.156. The van der Waals surface area contributed by atoms with Gasteiger partial charge in [-0.1, -0.05) is 19.8 Å². The lowest BCUT2D eigenvalue weighted by Crippen LogP contribution is -2.17. The molecule has 0 aromatic rings. The van der Waals surface area contributed by atoms with Gasteiger partial charge in [0.15, 0.2) is 6.29 Å². The summed E-state index contributed by atoms with van der Waals surface area (Å²) in [6, 6.07) is 0.